The number of nitrogens with two attached hydrogens (primary N) is 1. The normalized spacial score (nSPS) is 10.3. The number of aromatic nitrogens is 1. The summed E-state index contributed by atoms with van der Waals surface area (Å²) in [6.07, 6.45) is 0.958. The van der Waals surface area contributed by atoms with E-state index >= 15 is 0 Å². The van der Waals surface area contributed by atoms with E-state index in [1.54, 1.807) is 0 Å². The highest BCUT2D eigenvalue weighted by molar-refractivity contribution is 6.44. The van der Waals surface area contributed by atoms with Crippen molar-refractivity contribution in [1.29, 1.82) is 0 Å². The first-order valence-corrected chi connectivity index (χ1v) is 4.53. The fourth-order valence-corrected chi connectivity index (χ4v) is 1.28. The number of nitrogens with zero attached hydrogens (tertiary/aromatic N) is 2. The van der Waals surface area contributed by atoms with Gasteiger partial charge in [-0.25, -0.2) is 0 Å². The summed E-state index contributed by atoms with van der Waals surface area (Å²) in [5.74, 6) is -0.868. The minimum Gasteiger partial charge on any atom is -0.366 e. The van der Waals surface area contributed by atoms with Crippen LogP contribution in [0.25, 0.3) is 0 Å². The number of halogens is 2. The van der Waals surface area contributed by atoms with Crippen LogP contribution >= 0.6 is 23.2 Å². The van der Waals surface area contributed by atoms with E-state index in [2.05, 4.69) is 4.98 Å². The topological polar surface area (TPSA) is 99.1 Å². The summed E-state index contributed by atoms with van der Waals surface area (Å²) in [4.78, 5) is 23.2. The smallest absolute Gasteiger partial charge is 0.288 e. The minimum absolute atomic E-state index is 0.0106. The van der Waals surface area contributed by atoms with Crippen molar-refractivity contribution in [3.05, 3.63) is 33.6 Å². The van der Waals surface area contributed by atoms with Gasteiger partial charge in [0.05, 0.1) is 16.2 Å². The zero-order valence-electron chi connectivity index (χ0n) is 7.18. The van der Waals surface area contributed by atoms with Crippen molar-refractivity contribution in [1.82, 2.24) is 4.98 Å². The molecule has 1 aromatic rings. The van der Waals surface area contributed by atoms with E-state index in [1.165, 1.54) is 0 Å². The molecule has 8 heteroatoms. The highest BCUT2D eigenvalue weighted by Crippen LogP contribution is 2.27. The van der Waals surface area contributed by atoms with Crippen LogP contribution in [0.5, 0.6) is 0 Å². The van der Waals surface area contributed by atoms with Gasteiger partial charge in [-0.3, -0.25) is 19.9 Å². The molecule has 6 nitrogen and oxygen atoms in total. The van der Waals surface area contributed by atoms with Gasteiger partial charge < -0.3 is 5.73 Å². The van der Waals surface area contributed by atoms with Gasteiger partial charge in [0, 0.05) is 6.07 Å². The predicted molar refractivity (Wildman–Crippen MR) is 53.9 cm³/mol. The number of carbonyl (C=O) groups excluding carboxylic acids is 1. The Labute approximate surface area is 94.1 Å². The molecule has 0 bridgehead atoms. The Kier molecular flexibility index (Phi) is 3.43. The van der Waals surface area contributed by atoms with Crippen molar-refractivity contribution >= 4 is 34.8 Å². The van der Waals surface area contributed by atoms with Crippen molar-refractivity contribution in [3.63, 3.8) is 0 Å². The molecule has 2 N–H and O–H groups in total. The van der Waals surface area contributed by atoms with Crippen LogP contribution in [0.2, 0.25) is 0 Å². The maximum absolute atomic E-state index is 10.9. The number of alkyl halides is 2. The Morgan fingerprint density at radius 3 is 2.60 bits per heavy atom. The molecule has 0 saturated carbocycles. The van der Waals surface area contributed by atoms with Crippen LogP contribution in [0.1, 0.15) is 20.9 Å². The van der Waals surface area contributed by atoms with E-state index in [9.17, 15) is 14.9 Å². The third kappa shape index (κ3) is 2.54. The van der Waals surface area contributed by atoms with Gasteiger partial charge in [0.1, 0.15) is 11.0 Å². The molecule has 1 amide bonds. The Balaban J connectivity index is 3.33. The van der Waals surface area contributed by atoms with Crippen LogP contribution in [0, 0.1) is 10.1 Å². The molecule has 1 heterocycles. The summed E-state index contributed by atoms with van der Waals surface area (Å²) >= 11 is 11.0. The average Bonchev–Trinajstić information content (AvgIpc) is 2.16. The van der Waals surface area contributed by atoms with Crippen LogP contribution in [0.3, 0.4) is 0 Å². The zero-order chi connectivity index (χ0) is 11.6. The second kappa shape index (κ2) is 4.41. The molecule has 0 fully saturated rings. The predicted octanol–water partition coefficient (Wildman–Crippen LogP) is 1.56. The van der Waals surface area contributed by atoms with E-state index in [-0.39, 0.29) is 16.9 Å². The number of carbonyl (C=O) groups is 1. The van der Waals surface area contributed by atoms with E-state index in [4.69, 9.17) is 28.9 Å². The third-order valence-electron chi connectivity index (χ3n) is 1.59. The van der Waals surface area contributed by atoms with Crippen LogP contribution in [0.15, 0.2) is 12.3 Å². The lowest BCUT2D eigenvalue weighted by atomic mass is 10.2. The van der Waals surface area contributed by atoms with Gasteiger partial charge in [-0.05, 0) is 0 Å². The molecule has 0 atom stereocenters. The van der Waals surface area contributed by atoms with Gasteiger partial charge in [-0.2, -0.15) is 0 Å². The summed E-state index contributed by atoms with van der Waals surface area (Å²) in [7, 11) is 0. The number of hydrogen-bond acceptors (Lipinski definition) is 4. The molecule has 1 aromatic heterocycles. The molecule has 80 valence electrons. The van der Waals surface area contributed by atoms with Crippen molar-refractivity contribution in [2.45, 2.75) is 4.84 Å². The standard InChI is InChI=1S/C7H5Cl2N3O3/c8-6(9)5-4(7(10)13)1-3(2-11-5)12(14)15/h1-2,6H,(H2,10,13). The average molecular weight is 250 g/mol. The molecule has 15 heavy (non-hydrogen) atoms. The second-order valence-corrected chi connectivity index (χ2v) is 3.64. The van der Waals surface area contributed by atoms with Crippen molar-refractivity contribution in [2.24, 2.45) is 5.73 Å². The molecule has 0 saturated heterocycles. The number of amides is 1. The summed E-state index contributed by atoms with van der Waals surface area (Å²) in [6, 6.07) is 0.989. The summed E-state index contributed by atoms with van der Waals surface area (Å²) < 4.78 is 0. The Morgan fingerprint density at radius 2 is 2.20 bits per heavy atom. The molecule has 0 aliphatic carbocycles. The summed E-state index contributed by atoms with van der Waals surface area (Å²) in [6.45, 7) is 0. The SMILES string of the molecule is NC(=O)c1cc([N+](=O)[O-])cnc1C(Cl)Cl. The van der Waals surface area contributed by atoms with Crippen LogP contribution in [-0.4, -0.2) is 15.8 Å². The first-order valence-electron chi connectivity index (χ1n) is 3.65. The fraction of sp³-hybridized carbons (Fsp3) is 0.143. The summed E-state index contributed by atoms with van der Waals surface area (Å²) in [5.41, 5.74) is 4.51. The Morgan fingerprint density at radius 1 is 1.60 bits per heavy atom. The van der Waals surface area contributed by atoms with Gasteiger partial charge in [0.15, 0.2) is 0 Å². The zero-order valence-corrected chi connectivity index (χ0v) is 8.70. The first kappa shape index (κ1) is 11.7. The highest BCUT2D eigenvalue weighted by Gasteiger charge is 2.19. The molecule has 0 aromatic carbocycles. The van der Waals surface area contributed by atoms with Gasteiger partial charge in [0.25, 0.3) is 11.6 Å². The number of hydrogen-bond donors (Lipinski definition) is 1. The minimum atomic E-state index is -1.06. The van der Waals surface area contributed by atoms with Crippen LogP contribution in [0.4, 0.5) is 5.69 Å². The number of nitro groups is 1. The van der Waals surface area contributed by atoms with Crippen LogP contribution < -0.4 is 5.73 Å². The van der Waals surface area contributed by atoms with E-state index < -0.39 is 15.7 Å². The fourth-order valence-electron chi connectivity index (χ4n) is 0.935. The maximum atomic E-state index is 10.9. The molecule has 1 rings (SSSR count). The quantitative estimate of drug-likeness (QED) is 0.499. The lowest BCUT2D eigenvalue weighted by molar-refractivity contribution is -0.385. The largest absolute Gasteiger partial charge is 0.366 e. The molecule has 0 unspecified atom stereocenters. The Hall–Kier alpha value is -1.40. The molecular formula is C7H5Cl2N3O3. The van der Waals surface area contributed by atoms with Crippen molar-refractivity contribution in [2.75, 3.05) is 0 Å². The lowest BCUT2D eigenvalue weighted by Gasteiger charge is -2.05. The monoisotopic (exact) mass is 249 g/mol. The molecule has 0 aliphatic heterocycles. The third-order valence-corrected chi connectivity index (χ3v) is 2.00. The number of rotatable bonds is 3. The van der Waals surface area contributed by atoms with E-state index in [1.807, 2.05) is 0 Å². The Bertz CT molecular complexity index is 422. The molecule has 0 spiro atoms. The molecule has 0 aliphatic rings. The highest BCUT2D eigenvalue weighted by atomic mass is 35.5. The van der Waals surface area contributed by atoms with Crippen LogP contribution in [-0.2, 0) is 0 Å². The maximum Gasteiger partial charge on any atom is 0.288 e. The summed E-state index contributed by atoms with van der Waals surface area (Å²) in [5, 5.41) is 10.4. The number of primary amides is 1. The number of pyridine rings is 1. The van der Waals surface area contributed by atoms with Gasteiger partial charge in [-0.15, -0.1) is 0 Å². The van der Waals surface area contributed by atoms with Gasteiger partial charge in [0.2, 0.25) is 0 Å². The van der Waals surface area contributed by atoms with E-state index in [0.29, 0.717) is 0 Å². The first-order chi connectivity index (χ1) is 6.93. The molecular weight excluding hydrogens is 245 g/mol. The van der Waals surface area contributed by atoms with Gasteiger partial charge >= 0.3 is 0 Å². The second-order valence-electron chi connectivity index (χ2n) is 2.55. The van der Waals surface area contributed by atoms with Gasteiger partial charge in [-0.1, -0.05) is 23.2 Å². The van der Waals surface area contributed by atoms with Crippen molar-refractivity contribution in [3.8, 4) is 0 Å². The molecule has 0 radical (unpaired) electrons. The lowest BCUT2D eigenvalue weighted by Crippen LogP contribution is -2.15. The van der Waals surface area contributed by atoms with E-state index in [0.717, 1.165) is 12.3 Å². The van der Waals surface area contributed by atoms with Crippen molar-refractivity contribution < 1.29 is 9.72 Å².